The smallest absolute Gasteiger partial charge is 0.342 e. The van der Waals surface area contributed by atoms with Crippen molar-refractivity contribution >= 4 is 15.8 Å². The normalized spacial score (nSPS) is 19.5. The van der Waals surface area contributed by atoms with E-state index in [9.17, 15) is 13.2 Å². The Hall–Kier alpha value is -2.44. The first-order valence-corrected chi connectivity index (χ1v) is 14.2. The predicted octanol–water partition coefficient (Wildman–Crippen LogP) is 4.17. The highest BCUT2D eigenvalue weighted by molar-refractivity contribution is 7.90. The van der Waals surface area contributed by atoms with Crippen LogP contribution in [-0.2, 0) is 39.3 Å². The SMILES string of the molecule is C=CC[C@H](C)OC(=O)c1c(CS(=O)(=O)CCC[C@@H]2OC(C)(C)O[C@@H]2C=C)cc(OCOC)cc1OCOC. The molecule has 38 heavy (non-hydrogen) atoms. The van der Waals surface area contributed by atoms with Gasteiger partial charge in [-0.1, -0.05) is 12.2 Å². The zero-order valence-electron chi connectivity index (χ0n) is 22.9. The number of ether oxygens (including phenoxy) is 7. The second kappa shape index (κ2) is 14.6. The van der Waals surface area contributed by atoms with E-state index in [1.54, 1.807) is 32.9 Å². The summed E-state index contributed by atoms with van der Waals surface area (Å²) < 4.78 is 64.7. The van der Waals surface area contributed by atoms with E-state index >= 15 is 0 Å². The molecule has 0 bridgehead atoms. The summed E-state index contributed by atoms with van der Waals surface area (Å²) in [6.07, 6.45) is 3.43. The average molecular weight is 557 g/mol. The molecule has 1 aromatic carbocycles. The lowest BCUT2D eigenvalue weighted by Crippen LogP contribution is -2.23. The minimum atomic E-state index is -3.67. The molecule has 214 valence electrons. The lowest BCUT2D eigenvalue weighted by molar-refractivity contribution is -0.143. The highest BCUT2D eigenvalue weighted by Crippen LogP contribution is 2.33. The summed E-state index contributed by atoms with van der Waals surface area (Å²) >= 11 is 0. The number of carbonyl (C=O) groups excluding carboxylic acids is 1. The Morgan fingerprint density at radius 3 is 2.45 bits per heavy atom. The number of esters is 1. The zero-order valence-corrected chi connectivity index (χ0v) is 23.7. The fraction of sp³-hybridized carbons (Fsp3) is 0.593. The Morgan fingerprint density at radius 1 is 1.13 bits per heavy atom. The molecular weight excluding hydrogens is 516 g/mol. The van der Waals surface area contributed by atoms with Crippen molar-refractivity contribution in [3.8, 4) is 11.5 Å². The molecule has 10 nitrogen and oxygen atoms in total. The monoisotopic (exact) mass is 556 g/mol. The van der Waals surface area contributed by atoms with Crippen LogP contribution in [0.3, 0.4) is 0 Å². The maximum atomic E-state index is 13.2. The maximum absolute atomic E-state index is 13.2. The Kier molecular flexibility index (Phi) is 12.2. The first kappa shape index (κ1) is 31.8. The van der Waals surface area contributed by atoms with Crippen LogP contribution >= 0.6 is 0 Å². The lowest BCUT2D eigenvalue weighted by atomic mass is 10.1. The van der Waals surface area contributed by atoms with Crippen LogP contribution in [0, 0.1) is 0 Å². The number of benzene rings is 1. The van der Waals surface area contributed by atoms with E-state index < -0.39 is 33.5 Å². The summed E-state index contributed by atoms with van der Waals surface area (Å²) in [7, 11) is -0.784. The number of hydrogen-bond acceptors (Lipinski definition) is 10. The Bertz CT molecular complexity index is 1050. The van der Waals surface area contributed by atoms with E-state index in [-0.39, 0.29) is 54.2 Å². The molecular formula is C27H40O10S. The van der Waals surface area contributed by atoms with Gasteiger partial charge in [0, 0.05) is 26.7 Å². The Morgan fingerprint density at radius 2 is 1.82 bits per heavy atom. The summed E-state index contributed by atoms with van der Waals surface area (Å²) in [5.74, 6) is -1.70. The molecule has 2 rings (SSSR count). The molecule has 3 atom stereocenters. The van der Waals surface area contributed by atoms with Gasteiger partial charge in [-0.2, -0.15) is 0 Å². The standard InChI is InChI=1S/C27H40O10S/c1-8-11-19(3)35-26(28)25-20(14-21(33-17-31-6)15-24(25)34-18-32-7)16-38(29,30)13-10-12-23-22(9-2)36-27(4,5)37-23/h8-9,14-15,19,22-23H,1-2,10-13,16-18H2,3-7H3/t19-,22+,23-/m0/s1. The molecule has 0 unspecified atom stereocenters. The van der Waals surface area contributed by atoms with Crippen LogP contribution in [-0.4, -0.2) is 72.0 Å². The van der Waals surface area contributed by atoms with Crippen molar-refractivity contribution in [2.45, 2.75) is 69.9 Å². The molecule has 1 heterocycles. The summed E-state index contributed by atoms with van der Waals surface area (Å²) in [5, 5.41) is 0. The topological polar surface area (TPSA) is 116 Å². The van der Waals surface area contributed by atoms with Gasteiger partial charge >= 0.3 is 5.97 Å². The van der Waals surface area contributed by atoms with Crippen molar-refractivity contribution in [1.82, 2.24) is 0 Å². The van der Waals surface area contributed by atoms with Gasteiger partial charge in [0.2, 0.25) is 0 Å². The second-order valence-electron chi connectivity index (χ2n) is 9.41. The highest BCUT2D eigenvalue weighted by Gasteiger charge is 2.39. The number of sulfone groups is 1. The zero-order chi connectivity index (χ0) is 28.3. The first-order chi connectivity index (χ1) is 17.9. The molecule has 0 aliphatic carbocycles. The van der Waals surface area contributed by atoms with Gasteiger partial charge in [0.15, 0.2) is 29.2 Å². The Balaban J connectivity index is 2.31. The van der Waals surface area contributed by atoms with E-state index in [0.717, 1.165) is 0 Å². The van der Waals surface area contributed by atoms with Crippen molar-refractivity contribution < 1.29 is 46.4 Å². The molecule has 0 aromatic heterocycles. The summed E-state index contributed by atoms with van der Waals surface area (Å²) in [5.41, 5.74) is 0.179. The third-order valence-corrected chi connectivity index (χ3v) is 7.28. The van der Waals surface area contributed by atoms with Crippen LogP contribution in [0.1, 0.15) is 56.0 Å². The maximum Gasteiger partial charge on any atom is 0.342 e. The number of rotatable bonds is 17. The number of hydrogen-bond donors (Lipinski definition) is 0. The quantitative estimate of drug-likeness (QED) is 0.157. The van der Waals surface area contributed by atoms with Crippen molar-refractivity contribution in [3.05, 3.63) is 48.6 Å². The van der Waals surface area contributed by atoms with Gasteiger partial charge in [0.25, 0.3) is 0 Å². The largest absolute Gasteiger partial charge is 0.467 e. The van der Waals surface area contributed by atoms with Crippen LogP contribution < -0.4 is 9.47 Å². The van der Waals surface area contributed by atoms with Crippen LogP contribution in [0.2, 0.25) is 0 Å². The second-order valence-corrected chi connectivity index (χ2v) is 11.6. The van der Waals surface area contributed by atoms with E-state index in [1.165, 1.54) is 26.4 Å². The van der Waals surface area contributed by atoms with Gasteiger partial charge in [0.05, 0.1) is 17.6 Å². The summed E-state index contributed by atoms with van der Waals surface area (Å²) in [6.45, 7) is 12.5. The van der Waals surface area contributed by atoms with Crippen molar-refractivity contribution in [2.24, 2.45) is 0 Å². The van der Waals surface area contributed by atoms with Crippen molar-refractivity contribution in [1.29, 1.82) is 0 Å². The van der Waals surface area contributed by atoms with Crippen molar-refractivity contribution in [3.63, 3.8) is 0 Å². The van der Waals surface area contributed by atoms with Crippen LogP contribution in [0.25, 0.3) is 0 Å². The molecule has 1 aromatic rings. The van der Waals surface area contributed by atoms with Crippen LogP contribution in [0.15, 0.2) is 37.4 Å². The number of methoxy groups -OCH3 is 2. The molecule has 11 heteroatoms. The number of carbonyl (C=O) groups is 1. The molecule has 0 spiro atoms. The minimum Gasteiger partial charge on any atom is -0.467 e. The van der Waals surface area contributed by atoms with Gasteiger partial charge in [-0.15, -0.1) is 13.2 Å². The third-order valence-electron chi connectivity index (χ3n) is 5.62. The predicted molar refractivity (Wildman–Crippen MR) is 142 cm³/mol. The molecule has 0 saturated carbocycles. The molecule has 1 aliphatic rings. The molecule has 1 fully saturated rings. The summed E-state index contributed by atoms with van der Waals surface area (Å²) in [4.78, 5) is 13.2. The average Bonchev–Trinajstić information content (AvgIpc) is 3.14. The van der Waals surface area contributed by atoms with Gasteiger partial charge in [0.1, 0.15) is 29.3 Å². The molecule has 0 amide bonds. The fourth-order valence-electron chi connectivity index (χ4n) is 4.06. The molecule has 0 radical (unpaired) electrons. The third kappa shape index (κ3) is 9.70. The molecule has 1 aliphatic heterocycles. The van der Waals surface area contributed by atoms with Gasteiger partial charge < -0.3 is 33.2 Å². The van der Waals surface area contributed by atoms with Crippen LogP contribution in [0.4, 0.5) is 0 Å². The van der Waals surface area contributed by atoms with E-state index in [0.29, 0.717) is 19.3 Å². The lowest BCUT2D eigenvalue weighted by Gasteiger charge is -2.19. The van der Waals surface area contributed by atoms with E-state index in [2.05, 4.69) is 13.2 Å². The Labute approximate surface area is 225 Å². The van der Waals surface area contributed by atoms with Gasteiger partial charge in [-0.05, 0) is 45.2 Å². The molecule has 1 saturated heterocycles. The van der Waals surface area contributed by atoms with Gasteiger partial charge in [-0.25, -0.2) is 13.2 Å². The van der Waals surface area contributed by atoms with E-state index in [4.69, 9.17) is 33.2 Å². The summed E-state index contributed by atoms with van der Waals surface area (Å²) in [6, 6.07) is 2.95. The van der Waals surface area contributed by atoms with E-state index in [1.807, 2.05) is 0 Å². The van der Waals surface area contributed by atoms with Crippen molar-refractivity contribution in [2.75, 3.05) is 33.6 Å². The molecule has 0 N–H and O–H groups in total. The van der Waals surface area contributed by atoms with Gasteiger partial charge in [-0.3, -0.25) is 0 Å². The fourth-order valence-corrected chi connectivity index (χ4v) is 5.51. The van der Waals surface area contributed by atoms with Crippen LogP contribution in [0.5, 0.6) is 11.5 Å². The first-order valence-electron chi connectivity index (χ1n) is 12.4. The highest BCUT2D eigenvalue weighted by atomic mass is 32.2. The minimum absolute atomic E-state index is 0.00713.